The Morgan fingerprint density at radius 2 is 1.93 bits per heavy atom. The number of carbonyl (C=O) groups is 2. The van der Waals surface area contributed by atoms with Crippen LogP contribution in [0.4, 0.5) is 0 Å². The normalized spacial score (nSPS) is 12.0. The third kappa shape index (κ3) is 5.44. The first-order valence-electron chi connectivity index (χ1n) is 8.61. The molecule has 0 fully saturated rings. The van der Waals surface area contributed by atoms with E-state index in [1.54, 1.807) is 17.9 Å². The van der Waals surface area contributed by atoms with E-state index in [2.05, 4.69) is 10.4 Å². The summed E-state index contributed by atoms with van der Waals surface area (Å²) in [6.07, 6.45) is 2.07. The molecule has 0 saturated heterocycles. The van der Waals surface area contributed by atoms with Crippen molar-refractivity contribution in [2.75, 3.05) is 7.11 Å². The Morgan fingerprint density at radius 3 is 2.48 bits per heavy atom. The number of benzene rings is 1. The van der Waals surface area contributed by atoms with Crippen LogP contribution in [0, 0.1) is 13.8 Å². The number of aryl methyl sites for hydroxylation is 2. The lowest BCUT2D eigenvalue weighted by Crippen LogP contribution is -2.35. The molecule has 0 bridgehead atoms. The highest BCUT2D eigenvalue weighted by Gasteiger charge is 2.16. The first-order valence-corrected chi connectivity index (χ1v) is 8.61. The van der Waals surface area contributed by atoms with Gasteiger partial charge in [0.15, 0.2) is 6.10 Å². The number of nitrogens with zero attached hydrogens (tertiary/aromatic N) is 2. The van der Waals surface area contributed by atoms with Crippen LogP contribution in [0.25, 0.3) is 6.08 Å². The molecule has 2 rings (SSSR count). The molecule has 7 heteroatoms. The first kappa shape index (κ1) is 20.2. The highest BCUT2D eigenvalue weighted by molar-refractivity contribution is 5.90. The monoisotopic (exact) mass is 371 g/mol. The molecule has 7 nitrogen and oxygen atoms in total. The summed E-state index contributed by atoms with van der Waals surface area (Å²) in [5.41, 5.74) is 3.56. The molecule has 144 valence electrons. The number of nitrogens with one attached hydrogen (secondary N) is 1. The molecule has 0 unspecified atom stereocenters. The van der Waals surface area contributed by atoms with Crippen LogP contribution in [-0.2, 0) is 27.9 Å². The van der Waals surface area contributed by atoms with Gasteiger partial charge in [-0.1, -0.05) is 12.1 Å². The van der Waals surface area contributed by atoms with E-state index >= 15 is 0 Å². The van der Waals surface area contributed by atoms with Crippen molar-refractivity contribution in [3.63, 3.8) is 0 Å². The zero-order valence-electron chi connectivity index (χ0n) is 16.3. The molecule has 0 aliphatic heterocycles. The molecule has 1 atom stereocenters. The van der Waals surface area contributed by atoms with E-state index in [0.717, 1.165) is 28.3 Å². The predicted molar refractivity (Wildman–Crippen MR) is 102 cm³/mol. The zero-order chi connectivity index (χ0) is 20.0. The number of hydrogen-bond acceptors (Lipinski definition) is 5. The van der Waals surface area contributed by atoms with E-state index in [9.17, 15) is 9.59 Å². The van der Waals surface area contributed by atoms with Gasteiger partial charge in [-0.25, -0.2) is 4.79 Å². The summed E-state index contributed by atoms with van der Waals surface area (Å²) in [4.78, 5) is 24.1. The quantitative estimate of drug-likeness (QED) is 0.597. The summed E-state index contributed by atoms with van der Waals surface area (Å²) in [6.45, 7) is 5.66. The summed E-state index contributed by atoms with van der Waals surface area (Å²) in [7, 11) is 3.44. The number of esters is 1. The SMILES string of the molecule is COc1ccc(CNC(=O)[C@H](C)OC(=O)/C=C/c2c(C)nn(C)c2C)cc1. The van der Waals surface area contributed by atoms with Gasteiger partial charge in [-0.05, 0) is 44.5 Å². The Bertz CT molecular complexity index is 838. The molecule has 1 N–H and O–H groups in total. The van der Waals surface area contributed by atoms with E-state index in [4.69, 9.17) is 9.47 Å². The number of hydrogen-bond donors (Lipinski definition) is 1. The van der Waals surface area contributed by atoms with Gasteiger partial charge >= 0.3 is 5.97 Å². The van der Waals surface area contributed by atoms with Crippen molar-refractivity contribution in [2.45, 2.75) is 33.4 Å². The lowest BCUT2D eigenvalue weighted by molar-refractivity contribution is -0.150. The Kier molecular flexibility index (Phi) is 6.76. The molecule has 1 aromatic heterocycles. The summed E-state index contributed by atoms with van der Waals surface area (Å²) in [5, 5.41) is 7.03. The number of methoxy groups -OCH3 is 1. The number of ether oxygens (including phenoxy) is 2. The Balaban J connectivity index is 1.85. The molecule has 1 aromatic carbocycles. The largest absolute Gasteiger partial charge is 0.497 e. The van der Waals surface area contributed by atoms with Gasteiger partial charge in [-0.15, -0.1) is 0 Å². The third-order valence-electron chi connectivity index (χ3n) is 4.24. The fraction of sp³-hybridized carbons (Fsp3) is 0.350. The Labute approximate surface area is 159 Å². The van der Waals surface area contributed by atoms with Crippen LogP contribution in [0.1, 0.15) is 29.4 Å². The van der Waals surface area contributed by atoms with Gasteiger partial charge in [0, 0.05) is 30.9 Å². The first-order chi connectivity index (χ1) is 12.8. The van der Waals surface area contributed by atoms with E-state index in [1.807, 2.05) is 45.2 Å². The minimum absolute atomic E-state index is 0.342. The van der Waals surface area contributed by atoms with Crippen molar-refractivity contribution < 1.29 is 19.1 Å². The molecular weight excluding hydrogens is 346 g/mol. The van der Waals surface area contributed by atoms with Crippen molar-refractivity contribution in [3.8, 4) is 5.75 Å². The van der Waals surface area contributed by atoms with Crippen LogP contribution in [-0.4, -0.2) is 34.9 Å². The second kappa shape index (κ2) is 9.02. The molecule has 0 spiro atoms. The van der Waals surface area contributed by atoms with E-state index < -0.39 is 12.1 Å². The molecule has 0 radical (unpaired) electrons. The number of carbonyl (C=O) groups excluding carboxylic acids is 2. The standard InChI is InChI=1S/C20H25N3O4/c1-13-18(14(2)23(4)22-13)10-11-19(24)27-15(3)20(25)21-12-16-6-8-17(26-5)9-7-16/h6-11,15H,12H2,1-5H3,(H,21,25)/b11-10+/t15-/m0/s1. The van der Waals surface area contributed by atoms with E-state index in [-0.39, 0.29) is 5.91 Å². The van der Waals surface area contributed by atoms with Gasteiger partial charge in [0.2, 0.25) is 0 Å². The van der Waals surface area contributed by atoms with Crippen LogP contribution >= 0.6 is 0 Å². The van der Waals surface area contributed by atoms with Gasteiger partial charge in [-0.2, -0.15) is 5.10 Å². The summed E-state index contributed by atoms with van der Waals surface area (Å²) < 4.78 is 12.0. The molecule has 0 saturated carbocycles. The number of rotatable bonds is 7. The molecule has 1 amide bonds. The van der Waals surface area contributed by atoms with Crippen molar-refractivity contribution >= 4 is 18.0 Å². The van der Waals surface area contributed by atoms with Gasteiger partial charge in [0.05, 0.1) is 12.8 Å². The molecular formula is C20H25N3O4. The van der Waals surface area contributed by atoms with Crippen molar-refractivity contribution in [1.82, 2.24) is 15.1 Å². The second-order valence-corrected chi connectivity index (χ2v) is 6.19. The Morgan fingerprint density at radius 1 is 1.26 bits per heavy atom. The van der Waals surface area contributed by atoms with Crippen LogP contribution in [0.2, 0.25) is 0 Å². The average molecular weight is 371 g/mol. The molecule has 1 heterocycles. The summed E-state index contributed by atoms with van der Waals surface area (Å²) in [6, 6.07) is 7.35. The van der Waals surface area contributed by atoms with Crippen LogP contribution < -0.4 is 10.1 Å². The zero-order valence-corrected chi connectivity index (χ0v) is 16.3. The number of amides is 1. The van der Waals surface area contributed by atoms with Gasteiger partial charge in [0.25, 0.3) is 5.91 Å². The average Bonchev–Trinajstić information content (AvgIpc) is 2.90. The van der Waals surface area contributed by atoms with Crippen molar-refractivity contribution in [2.24, 2.45) is 7.05 Å². The maximum absolute atomic E-state index is 12.1. The smallest absolute Gasteiger partial charge is 0.331 e. The lowest BCUT2D eigenvalue weighted by Gasteiger charge is -2.12. The molecule has 0 aliphatic carbocycles. The summed E-state index contributed by atoms with van der Waals surface area (Å²) >= 11 is 0. The van der Waals surface area contributed by atoms with Crippen LogP contribution in [0.15, 0.2) is 30.3 Å². The van der Waals surface area contributed by atoms with Gasteiger partial charge in [0.1, 0.15) is 5.75 Å². The maximum atomic E-state index is 12.1. The molecule has 2 aromatic rings. The lowest BCUT2D eigenvalue weighted by atomic mass is 10.2. The highest BCUT2D eigenvalue weighted by Crippen LogP contribution is 2.14. The number of aromatic nitrogens is 2. The molecule has 0 aliphatic rings. The highest BCUT2D eigenvalue weighted by atomic mass is 16.5. The predicted octanol–water partition coefficient (Wildman–Crippen LogP) is 2.31. The fourth-order valence-electron chi connectivity index (χ4n) is 2.53. The van der Waals surface area contributed by atoms with Crippen LogP contribution in [0.5, 0.6) is 5.75 Å². The van der Waals surface area contributed by atoms with Gasteiger partial charge in [-0.3, -0.25) is 9.48 Å². The summed E-state index contributed by atoms with van der Waals surface area (Å²) in [5.74, 6) is -0.190. The second-order valence-electron chi connectivity index (χ2n) is 6.19. The van der Waals surface area contributed by atoms with Crippen molar-refractivity contribution in [1.29, 1.82) is 0 Å². The van der Waals surface area contributed by atoms with E-state index in [1.165, 1.54) is 13.0 Å². The molecule has 27 heavy (non-hydrogen) atoms. The Hall–Kier alpha value is -3.09. The topological polar surface area (TPSA) is 82.4 Å². The maximum Gasteiger partial charge on any atom is 0.331 e. The third-order valence-corrected chi connectivity index (χ3v) is 4.24. The van der Waals surface area contributed by atoms with Crippen LogP contribution in [0.3, 0.4) is 0 Å². The van der Waals surface area contributed by atoms with Gasteiger partial charge < -0.3 is 14.8 Å². The van der Waals surface area contributed by atoms with E-state index in [0.29, 0.717) is 6.54 Å². The minimum Gasteiger partial charge on any atom is -0.497 e. The van der Waals surface area contributed by atoms with Crippen molar-refractivity contribution in [3.05, 3.63) is 52.9 Å². The fourth-order valence-corrected chi connectivity index (χ4v) is 2.53. The minimum atomic E-state index is -0.892.